The van der Waals surface area contributed by atoms with E-state index in [1.54, 1.807) is 11.3 Å². The van der Waals surface area contributed by atoms with Gasteiger partial charge in [0.1, 0.15) is 0 Å². The van der Waals surface area contributed by atoms with E-state index in [4.69, 9.17) is 5.73 Å². The standard InChI is InChI=1S/C13H24N4S.HI/c1-4-12-17-11(9-18-12)6-8-16-13(14)15-7-5-10(2)3;/h9-10H,4-8H2,1-3H3,(H3,14,15,16);1H. The molecule has 6 heteroatoms. The zero-order valence-electron chi connectivity index (χ0n) is 12.0. The molecule has 110 valence electrons. The van der Waals surface area contributed by atoms with Gasteiger partial charge in [-0.15, -0.1) is 35.3 Å². The van der Waals surface area contributed by atoms with E-state index in [2.05, 4.69) is 41.4 Å². The van der Waals surface area contributed by atoms with E-state index < -0.39 is 0 Å². The molecule has 0 bridgehead atoms. The van der Waals surface area contributed by atoms with E-state index in [0.717, 1.165) is 38.0 Å². The van der Waals surface area contributed by atoms with Crippen molar-refractivity contribution in [2.24, 2.45) is 16.6 Å². The maximum absolute atomic E-state index is 5.78. The molecule has 0 saturated heterocycles. The van der Waals surface area contributed by atoms with Crippen molar-refractivity contribution in [3.05, 3.63) is 16.1 Å². The summed E-state index contributed by atoms with van der Waals surface area (Å²) >= 11 is 1.73. The number of aryl methyl sites for hydroxylation is 1. The van der Waals surface area contributed by atoms with Gasteiger partial charge in [0.15, 0.2) is 5.96 Å². The Labute approximate surface area is 137 Å². The highest BCUT2D eigenvalue weighted by molar-refractivity contribution is 14.0. The fourth-order valence-corrected chi connectivity index (χ4v) is 2.22. The van der Waals surface area contributed by atoms with E-state index in [-0.39, 0.29) is 24.0 Å². The quantitative estimate of drug-likeness (QED) is 0.423. The topological polar surface area (TPSA) is 63.3 Å². The van der Waals surface area contributed by atoms with E-state index >= 15 is 0 Å². The van der Waals surface area contributed by atoms with Crippen LogP contribution < -0.4 is 11.1 Å². The highest BCUT2D eigenvalue weighted by atomic mass is 127. The highest BCUT2D eigenvalue weighted by Crippen LogP contribution is 2.10. The maximum atomic E-state index is 5.78. The first kappa shape index (κ1) is 18.6. The van der Waals surface area contributed by atoms with Crippen molar-refractivity contribution >= 4 is 41.3 Å². The van der Waals surface area contributed by atoms with Crippen molar-refractivity contribution in [2.75, 3.05) is 13.1 Å². The number of nitrogens with one attached hydrogen (secondary N) is 1. The summed E-state index contributed by atoms with van der Waals surface area (Å²) in [5.41, 5.74) is 6.91. The molecule has 0 spiro atoms. The lowest BCUT2D eigenvalue weighted by Crippen LogP contribution is -2.33. The second-order valence-corrected chi connectivity index (χ2v) is 5.66. The zero-order chi connectivity index (χ0) is 13.4. The van der Waals surface area contributed by atoms with Gasteiger partial charge in [-0.25, -0.2) is 4.98 Å². The van der Waals surface area contributed by atoms with Crippen molar-refractivity contribution in [1.29, 1.82) is 0 Å². The molecule has 0 aliphatic rings. The SMILES string of the molecule is CCc1nc(CCNC(N)=NCCC(C)C)cs1.I. The second-order valence-electron chi connectivity index (χ2n) is 4.71. The molecule has 0 aliphatic carbocycles. The minimum Gasteiger partial charge on any atom is -0.370 e. The first-order valence-corrected chi connectivity index (χ1v) is 7.46. The molecular formula is C13H25IN4S. The van der Waals surface area contributed by atoms with Crippen molar-refractivity contribution < 1.29 is 0 Å². The molecule has 0 atom stereocenters. The maximum Gasteiger partial charge on any atom is 0.188 e. The number of hydrogen-bond donors (Lipinski definition) is 2. The number of thiazole rings is 1. The molecule has 1 heterocycles. The number of hydrogen-bond acceptors (Lipinski definition) is 3. The fraction of sp³-hybridized carbons (Fsp3) is 0.692. The molecule has 0 fully saturated rings. The molecule has 0 saturated carbocycles. The number of rotatable bonds is 7. The largest absolute Gasteiger partial charge is 0.370 e. The highest BCUT2D eigenvalue weighted by Gasteiger charge is 2.00. The van der Waals surface area contributed by atoms with Gasteiger partial charge in [-0.2, -0.15) is 0 Å². The molecule has 1 aromatic rings. The van der Waals surface area contributed by atoms with Gasteiger partial charge in [-0.3, -0.25) is 4.99 Å². The van der Waals surface area contributed by atoms with E-state index in [0.29, 0.717) is 11.9 Å². The summed E-state index contributed by atoms with van der Waals surface area (Å²) in [5.74, 6) is 1.21. The smallest absolute Gasteiger partial charge is 0.188 e. The third-order valence-electron chi connectivity index (χ3n) is 2.58. The second kappa shape index (κ2) is 10.4. The summed E-state index contributed by atoms with van der Waals surface area (Å²) in [4.78, 5) is 8.79. The lowest BCUT2D eigenvalue weighted by atomic mass is 10.1. The Morgan fingerprint density at radius 3 is 2.84 bits per heavy atom. The fourth-order valence-electron chi connectivity index (χ4n) is 1.44. The van der Waals surface area contributed by atoms with Gasteiger partial charge in [0.25, 0.3) is 0 Å². The van der Waals surface area contributed by atoms with Gasteiger partial charge in [0, 0.05) is 24.9 Å². The Hall–Kier alpha value is -0.370. The summed E-state index contributed by atoms with van der Waals surface area (Å²) in [7, 11) is 0. The molecule has 1 rings (SSSR count). The summed E-state index contributed by atoms with van der Waals surface area (Å²) in [6.45, 7) is 8.09. The third kappa shape index (κ3) is 8.41. The number of nitrogens with zero attached hydrogens (tertiary/aromatic N) is 2. The number of nitrogens with two attached hydrogens (primary N) is 1. The van der Waals surface area contributed by atoms with Gasteiger partial charge >= 0.3 is 0 Å². The van der Waals surface area contributed by atoms with Gasteiger partial charge in [-0.1, -0.05) is 20.8 Å². The summed E-state index contributed by atoms with van der Waals surface area (Å²) in [6, 6.07) is 0. The number of aromatic nitrogens is 1. The zero-order valence-corrected chi connectivity index (χ0v) is 15.1. The van der Waals surface area contributed by atoms with Crippen LogP contribution in [0.15, 0.2) is 10.4 Å². The van der Waals surface area contributed by atoms with Crippen LogP contribution in [0.4, 0.5) is 0 Å². The first-order chi connectivity index (χ1) is 8.61. The number of guanidine groups is 1. The molecule has 4 nitrogen and oxygen atoms in total. The lowest BCUT2D eigenvalue weighted by molar-refractivity contribution is 0.595. The lowest BCUT2D eigenvalue weighted by Gasteiger charge is -2.05. The number of halogens is 1. The van der Waals surface area contributed by atoms with Crippen LogP contribution in [0.1, 0.15) is 37.9 Å². The van der Waals surface area contributed by atoms with Crippen LogP contribution in [-0.4, -0.2) is 24.0 Å². The Kier molecular flexibility index (Phi) is 10.2. The molecule has 19 heavy (non-hydrogen) atoms. The van der Waals surface area contributed by atoms with Crippen LogP contribution >= 0.6 is 35.3 Å². The van der Waals surface area contributed by atoms with Crippen LogP contribution in [0.25, 0.3) is 0 Å². The van der Waals surface area contributed by atoms with Crippen LogP contribution in [0, 0.1) is 5.92 Å². The molecule has 0 radical (unpaired) electrons. The molecule has 0 aliphatic heterocycles. The van der Waals surface area contributed by atoms with Crippen LogP contribution in [0.3, 0.4) is 0 Å². The van der Waals surface area contributed by atoms with Crippen molar-refractivity contribution in [3.8, 4) is 0 Å². The summed E-state index contributed by atoms with van der Waals surface area (Å²) in [6.07, 6.45) is 2.99. The van der Waals surface area contributed by atoms with E-state index in [9.17, 15) is 0 Å². The Balaban J connectivity index is 0.00000324. The normalized spacial score (nSPS) is 11.5. The first-order valence-electron chi connectivity index (χ1n) is 6.58. The van der Waals surface area contributed by atoms with Gasteiger partial charge in [0.05, 0.1) is 10.7 Å². The van der Waals surface area contributed by atoms with E-state index in [1.807, 2.05) is 0 Å². The van der Waals surface area contributed by atoms with Crippen LogP contribution in [-0.2, 0) is 12.8 Å². The molecule has 0 amide bonds. The predicted octanol–water partition coefficient (Wildman–Crippen LogP) is 2.82. The predicted molar refractivity (Wildman–Crippen MR) is 94.6 cm³/mol. The van der Waals surface area contributed by atoms with Crippen LogP contribution in [0.2, 0.25) is 0 Å². The molecule has 0 unspecified atom stereocenters. The Morgan fingerprint density at radius 2 is 2.26 bits per heavy atom. The van der Waals surface area contributed by atoms with Gasteiger partial charge in [-0.05, 0) is 18.8 Å². The molecule has 0 aromatic carbocycles. The Morgan fingerprint density at radius 1 is 1.53 bits per heavy atom. The minimum absolute atomic E-state index is 0. The average Bonchev–Trinajstić information content (AvgIpc) is 2.76. The van der Waals surface area contributed by atoms with Crippen molar-refractivity contribution in [1.82, 2.24) is 10.3 Å². The summed E-state index contributed by atoms with van der Waals surface area (Å²) in [5, 5.41) is 6.44. The van der Waals surface area contributed by atoms with Crippen molar-refractivity contribution in [3.63, 3.8) is 0 Å². The average molecular weight is 396 g/mol. The van der Waals surface area contributed by atoms with Crippen molar-refractivity contribution in [2.45, 2.75) is 40.0 Å². The molecule has 1 aromatic heterocycles. The molecular weight excluding hydrogens is 371 g/mol. The monoisotopic (exact) mass is 396 g/mol. The van der Waals surface area contributed by atoms with E-state index in [1.165, 1.54) is 5.01 Å². The van der Waals surface area contributed by atoms with Crippen LogP contribution in [0.5, 0.6) is 0 Å². The minimum atomic E-state index is 0. The third-order valence-corrected chi connectivity index (χ3v) is 3.62. The number of aliphatic imine (C=N–C) groups is 1. The Bertz CT molecular complexity index is 376. The van der Waals surface area contributed by atoms with Gasteiger partial charge in [0.2, 0.25) is 0 Å². The summed E-state index contributed by atoms with van der Waals surface area (Å²) < 4.78 is 0. The molecule has 3 N–H and O–H groups in total. The van der Waals surface area contributed by atoms with Gasteiger partial charge < -0.3 is 11.1 Å².